The number of halogens is 3. The van der Waals surface area contributed by atoms with Crippen molar-refractivity contribution < 1.29 is 40.7 Å². The average molecular weight is 952 g/mol. The van der Waals surface area contributed by atoms with Crippen LogP contribution in [-0.2, 0) is 33.7 Å². The Morgan fingerprint density at radius 1 is 0.343 bits per heavy atom. The molecule has 8 aromatic carbocycles. The van der Waals surface area contributed by atoms with Crippen molar-refractivity contribution in [2.75, 3.05) is 0 Å². The minimum absolute atomic E-state index is 0.215. The standard InChI is InChI=1S/C52H39F3N3O6P3/c53-52(54,55)42-26-22-25-41(39-42)50(57-63-66(60,45-31-14-4-15-32-45)46-33-16-5-17-34-46)51(58-64-67(61,47-35-18-6-19-36-47)48-37-20-7-21-38-48)49(40-23-8-1-9-24-40)56-62-65(59,43-27-10-2-11-28-43)44-29-12-3-13-30-44/h1-39H/b56-49+,57-50-,58-51+. The molecule has 0 atom stereocenters. The molecule has 0 radical (unpaired) electrons. The van der Waals surface area contributed by atoms with Gasteiger partial charge < -0.3 is 13.9 Å². The number of rotatable bonds is 16. The molecular weight excluding hydrogens is 913 g/mol. The van der Waals surface area contributed by atoms with Crippen molar-refractivity contribution in [1.29, 1.82) is 0 Å². The Kier molecular flexibility index (Phi) is 14.1. The highest BCUT2D eigenvalue weighted by Gasteiger charge is 2.37. The smallest absolute Gasteiger partial charge is 0.330 e. The van der Waals surface area contributed by atoms with Gasteiger partial charge in [-0.05, 0) is 84.9 Å². The summed E-state index contributed by atoms with van der Waals surface area (Å²) in [6, 6.07) is 62.0. The van der Waals surface area contributed by atoms with E-state index < -0.39 is 45.3 Å². The lowest BCUT2D eigenvalue weighted by atomic mass is 9.97. The van der Waals surface area contributed by atoms with E-state index in [1.807, 2.05) is 0 Å². The van der Waals surface area contributed by atoms with Crippen LogP contribution in [0, 0.1) is 0 Å². The highest BCUT2D eigenvalue weighted by Crippen LogP contribution is 2.48. The first-order valence-electron chi connectivity index (χ1n) is 20.7. The van der Waals surface area contributed by atoms with Gasteiger partial charge in [0.15, 0.2) is 5.71 Å². The average Bonchev–Trinajstić information content (AvgIpc) is 3.39. The molecule has 0 fully saturated rings. The summed E-state index contributed by atoms with van der Waals surface area (Å²) < 4.78 is 109. The van der Waals surface area contributed by atoms with Crippen LogP contribution < -0.4 is 31.8 Å². The van der Waals surface area contributed by atoms with Gasteiger partial charge in [0, 0.05) is 11.1 Å². The molecule has 0 spiro atoms. The normalized spacial score (nSPS) is 12.9. The van der Waals surface area contributed by atoms with Crippen LogP contribution in [0.4, 0.5) is 13.2 Å². The first-order valence-corrected chi connectivity index (χ1v) is 25.5. The Morgan fingerprint density at radius 3 is 0.925 bits per heavy atom. The molecule has 0 saturated heterocycles. The molecule has 334 valence electrons. The van der Waals surface area contributed by atoms with Gasteiger partial charge in [0.05, 0.1) is 37.4 Å². The predicted octanol–water partition coefficient (Wildman–Crippen LogP) is 11.0. The Labute approximate surface area is 385 Å². The second-order valence-corrected chi connectivity index (χ2v) is 21.6. The summed E-state index contributed by atoms with van der Waals surface area (Å²) in [6.07, 6.45) is -4.84. The first kappa shape index (κ1) is 46.2. The monoisotopic (exact) mass is 951 g/mol. The van der Waals surface area contributed by atoms with Crippen molar-refractivity contribution in [3.05, 3.63) is 253 Å². The van der Waals surface area contributed by atoms with E-state index >= 15 is 13.7 Å². The summed E-state index contributed by atoms with van der Waals surface area (Å²) in [5.74, 6) is 0. The van der Waals surface area contributed by atoms with Crippen LogP contribution in [0.25, 0.3) is 0 Å². The van der Waals surface area contributed by atoms with Gasteiger partial charge in [-0.15, -0.1) is 0 Å². The Bertz CT molecular complexity index is 3040. The lowest BCUT2D eigenvalue weighted by Gasteiger charge is -2.21. The van der Waals surface area contributed by atoms with Gasteiger partial charge in [-0.3, -0.25) is 13.7 Å². The van der Waals surface area contributed by atoms with E-state index in [9.17, 15) is 13.2 Å². The fraction of sp³-hybridized carbons (Fsp3) is 0.0192. The van der Waals surface area contributed by atoms with E-state index in [-0.39, 0.29) is 48.7 Å². The van der Waals surface area contributed by atoms with Crippen molar-refractivity contribution in [2.45, 2.75) is 6.18 Å². The fourth-order valence-corrected chi connectivity index (χ4v) is 12.3. The van der Waals surface area contributed by atoms with Gasteiger partial charge in [-0.25, -0.2) is 0 Å². The van der Waals surface area contributed by atoms with Gasteiger partial charge >= 0.3 is 28.3 Å². The summed E-state index contributed by atoms with van der Waals surface area (Å²) in [7, 11) is -12.6. The van der Waals surface area contributed by atoms with Crippen LogP contribution >= 0.6 is 22.1 Å². The van der Waals surface area contributed by atoms with E-state index in [4.69, 9.17) is 13.9 Å². The van der Waals surface area contributed by atoms with Crippen LogP contribution in [0.1, 0.15) is 16.7 Å². The van der Waals surface area contributed by atoms with Crippen LogP contribution in [0.3, 0.4) is 0 Å². The molecular formula is C52H39F3N3O6P3. The zero-order valence-electron chi connectivity index (χ0n) is 35.3. The highest BCUT2D eigenvalue weighted by molar-refractivity contribution is 7.75. The molecule has 0 aliphatic rings. The maximum absolute atomic E-state index is 15.5. The SMILES string of the molecule is O=P(O\N=C(C(=N/OP(=O)(c1ccccc1)c1ccccc1)/C(=N/OP(=O)(c1ccccc1)c1ccccc1)c1ccccc1)\c1cccc(C(F)(F)F)c1)(c1ccccc1)c1ccccc1. The molecule has 0 heterocycles. The summed E-state index contributed by atoms with van der Waals surface area (Å²) >= 11 is 0. The molecule has 67 heavy (non-hydrogen) atoms. The summed E-state index contributed by atoms with van der Waals surface area (Å²) in [5, 5.41) is 15.0. The van der Waals surface area contributed by atoms with E-state index in [0.717, 1.165) is 18.2 Å². The van der Waals surface area contributed by atoms with E-state index in [0.29, 0.717) is 0 Å². The molecule has 8 aromatic rings. The lowest BCUT2D eigenvalue weighted by molar-refractivity contribution is -0.137. The van der Waals surface area contributed by atoms with Crippen LogP contribution in [-0.4, -0.2) is 17.1 Å². The number of alkyl halides is 3. The molecule has 0 aromatic heterocycles. The highest BCUT2D eigenvalue weighted by atomic mass is 31.2. The number of benzene rings is 8. The van der Waals surface area contributed by atoms with Gasteiger partial charge in [-0.2, -0.15) is 13.2 Å². The molecule has 0 N–H and O–H groups in total. The zero-order chi connectivity index (χ0) is 46.7. The van der Waals surface area contributed by atoms with E-state index in [2.05, 4.69) is 15.5 Å². The number of hydrogen-bond acceptors (Lipinski definition) is 9. The Hall–Kier alpha value is -7.35. The van der Waals surface area contributed by atoms with Crippen LogP contribution in [0.5, 0.6) is 0 Å². The topological polar surface area (TPSA) is 116 Å². The molecule has 0 aliphatic heterocycles. The van der Waals surface area contributed by atoms with Crippen molar-refractivity contribution in [3.8, 4) is 0 Å². The van der Waals surface area contributed by atoms with Gasteiger partial charge in [-0.1, -0.05) is 167 Å². The largest absolute Gasteiger partial charge is 0.416 e. The zero-order valence-corrected chi connectivity index (χ0v) is 38.0. The molecule has 0 unspecified atom stereocenters. The fourth-order valence-electron chi connectivity index (χ4n) is 6.87. The molecule has 9 nitrogen and oxygen atoms in total. The second kappa shape index (κ2) is 20.4. The molecule has 8 rings (SSSR count). The van der Waals surface area contributed by atoms with E-state index in [1.54, 1.807) is 212 Å². The van der Waals surface area contributed by atoms with Gasteiger partial charge in [0.1, 0.15) is 11.4 Å². The Morgan fingerprint density at radius 2 is 0.612 bits per heavy atom. The molecule has 0 saturated carbocycles. The predicted molar refractivity (Wildman–Crippen MR) is 261 cm³/mol. The summed E-state index contributed by atoms with van der Waals surface area (Å²) in [5.41, 5.74) is -2.37. The number of hydrogen-bond donors (Lipinski definition) is 0. The van der Waals surface area contributed by atoms with Crippen molar-refractivity contribution in [2.24, 2.45) is 15.5 Å². The maximum Gasteiger partial charge on any atom is 0.416 e. The minimum Gasteiger partial charge on any atom is -0.330 e. The van der Waals surface area contributed by atoms with Gasteiger partial charge in [0.25, 0.3) is 0 Å². The Balaban J connectivity index is 1.44. The van der Waals surface area contributed by atoms with Gasteiger partial charge in [0.2, 0.25) is 0 Å². The molecule has 0 amide bonds. The van der Waals surface area contributed by atoms with Crippen LogP contribution in [0.15, 0.2) is 252 Å². The van der Waals surface area contributed by atoms with Crippen molar-refractivity contribution in [1.82, 2.24) is 0 Å². The number of oxime groups is 3. The quantitative estimate of drug-likeness (QED) is 0.0541. The second-order valence-electron chi connectivity index (χ2n) is 14.7. The summed E-state index contributed by atoms with van der Waals surface area (Å²) in [6.45, 7) is 0. The summed E-state index contributed by atoms with van der Waals surface area (Å²) in [4.78, 5) is 0. The third-order valence-electron chi connectivity index (χ3n) is 10.3. The third kappa shape index (κ3) is 10.4. The molecule has 0 aliphatic carbocycles. The molecule has 0 bridgehead atoms. The van der Waals surface area contributed by atoms with Crippen LogP contribution in [0.2, 0.25) is 0 Å². The number of nitrogens with zero attached hydrogens (tertiary/aromatic N) is 3. The third-order valence-corrected chi connectivity index (χ3v) is 17.1. The first-order chi connectivity index (χ1) is 32.5. The molecule has 15 heteroatoms. The lowest BCUT2D eigenvalue weighted by Crippen LogP contribution is -2.29. The van der Waals surface area contributed by atoms with E-state index in [1.165, 1.54) is 6.07 Å². The van der Waals surface area contributed by atoms with Crippen molar-refractivity contribution in [3.63, 3.8) is 0 Å². The minimum atomic E-state index is -4.84. The van der Waals surface area contributed by atoms with Crippen molar-refractivity contribution >= 4 is 71.1 Å². The maximum atomic E-state index is 15.5.